The summed E-state index contributed by atoms with van der Waals surface area (Å²) in [6.45, 7) is 0. The van der Waals surface area contributed by atoms with Gasteiger partial charge < -0.3 is 4.90 Å². The number of anilines is 3. The average molecular weight is 448 g/mol. The van der Waals surface area contributed by atoms with Crippen LogP contribution in [0.2, 0.25) is 5.02 Å². The second-order valence-corrected chi connectivity index (χ2v) is 8.51. The van der Waals surface area contributed by atoms with Crippen LogP contribution < -0.4 is 14.9 Å². The maximum Gasteiger partial charge on any atom is 0.266 e. The summed E-state index contributed by atoms with van der Waals surface area (Å²) < 4.78 is 0. The fraction of sp³-hybridized carbons (Fsp3) is 0.200. The van der Waals surface area contributed by atoms with Crippen LogP contribution in [0.1, 0.15) is 11.6 Å². The van der Waals surface area contributed by atoms with E-state index < -0.39 is 24.0 Å². The lowest BCUT2D eigenvalue weighted by molar-refractivity contribution is -0.126. The van der Waals surface area contributed by atoms with Crippen LogP contribution in [0.25, 0.3) is 0 Å². The number of halogens is 1. The highest BCUT2D eigenvalue weighted by atomic mass is 35.5. The van der Waals surface area contributed by atoms with Gasteiger partial charge in [-0.05, 0) is 42.0 Å². The molecular formula is C25H22ClN3O3. The van der Waals surface area contributed by atoms with Crippen LogP contribution in [0.4, 0.5) is 17.1 Å². The quantitative estimate of drug-likeness (QED) is 0.553. The normalized spacial score (nSPS) is 22.4. The minimum absolute atomic E-state index is 0.312. The second-order valence-electron chi connectivity index (χ2n) is 8.11. The Labute approximate surface area is 191 Å². The number of para-hydroxylation sites is 2. The third kappa shape index (κ3) is 3.23. The van der Waals surface area contributed by atoms with Crippen molar-refractivity contribution in [2.24, 2.45) is 5.92 Å². The first-order valence-electron chi connectivity index (χ1n) is 10.4. The van der Waals surface area contributed by atoms with Crippen molar-refractivity contribution in [3.8, 4) is 0 Å². The summed E-state index contributed by atoms with van der Waals surface area (Å²) in [5.74, 6) is -1.40. The molecule has 5 rings (SSSR count). The van der Waals surface area contributed by atoms with Crippen LogP contribution in [0.3, 0.4) is 0 Å². The monoisotopic (exact) mass is 447 g/mol. The van der Waals surface area contributed by atoms with Crippen molar-refractivity contribution in [3.63, 3.8) is 0 Å². The fourth-order valence-electron chi connectivity index (χ4n) is 4.39. The van der Waals surface area contributed by atoms with E-state index in [4.69, 9.17) is 16.4 Å². The van der Waals surface area contributed by atoms with Gasteiger partial charge in [0, 0.05) is 19.8 Å². The molecule has 0 spiro atoms. The first kappa shape index (κ1) is 20.5. The predicted octanol–water partition coefficient (Wildman–Crippen LogP) is 4.46. The van der Waals surface area contributed by atoms with Gasteiger partial charge in [0.2, 0.25) is 5.91 Å². The summed E-state index contributed by atoms with van der Waals surface area (Å²) in [4.78, 5) is 36.3. The standard InChI is InChI=1S/C25H22ClN3O3/c1-27(2)17-14-12-16(13-15-17)22-21-23(32-29(22)18-8-4-3-5-9-18)25(31)28(24(21)30)20-11-7-6-10-19(20)26/h3-15,21-23H,1-2H3/t21-,22-,23+/m1/s1. The van der Waals surface area contributed by atoms with E-state index in [2.05, 4.69) is 0 Å². The Morgan fingerprint density at radius 1 is 0.844 bits per heavy atom. The van der Waals surface area contributed by atoms with E-state index in [1.165, 1.54) is 4.90 Å². The van der Waals surface area contributed by atoms with Crippen molar-refractivity contribution in [2.45, 2.75) is 12.1 Å². The highest BCUT2D eigenvalue weighted by molar-refractivity contribution is 6.36. The van der Waals surface area contributed by atoms with Gasteiger partial charge in [-0.1, -0.05) is 54.1 Å². The molecule has 3 aromatic rings. The number of nitrogens with zero attached hydrogens (tertiary/aromatic N) is 3. The Kier molecular flexibility index (Phi) is 5.12. The molecule has 2 aliphatic rings. The Morgan fingerprint density at radius 3 is 2.16 bits per heavy atom. The first-order chi connectivity index (χ1) is 15.5. The molecule has 2 saturated heterocycles. The highest BCUT2D eigenvalue weighted by Crippen LogP contribution is 2.48. The number of carbonyl (C=O) groups is 2. The molecule has 162 valence electrons. The molecule has 2 fully saturated rings. The predicted molar refractivity (Wildman–Crippen MR) is 125 cm³/mol. The third-order valence-electron chi connectivity index (χ3n) is 5.97. The van der Waals surface area contributed by atoms with Gasteiger partial charge in [0.1, 0.15) is 5.92 Å². The molecule has 2 amide bonds. The highest BCUT2D eigenvalue weighted by Gasteiger charge is 2.60. The number of hydrogen-bond acceptors (Lipinski definition) is 5. The van der Waals surface area contributed by atoms with E-state index in [1.807, 2.05) is 73.6 Å². The summed E-state index contributed by atoms with van der Waals surface area (Å²) in [6.07, 6.45) is -0.919. The molecule has 0 unspecified atom stereocenters. The SMILES string of the molecule is CN(C)c1ccc([C@@H]2[C@H]3C(=O)N(c4ccccc4Cl)C(=O)[C@H]3ON2c2ccccc2)cc1. The lowest BCUT2D eigenvalue weighted by atomic mass is 9.90. The molecule has 3 atom stereocenters. The molecule has 0 bridgehead atoms. The van der Waals surface area contributed by atoms with E-state index in [9.17, 15) is 9.59 Å². The van der Waals surface area contributed by atoms with Crippen molar-refractivity contribution < 1.29 is 14.4 Å². The van der Waals surface area contributed by atoms with Crippen molar-refractivity contribution in [2.75, 3.05) is 29.0 Å². The Hall–Kier alpha value is -3.35. The van der Waals surface area contributed by atoms with Crippen LogP contribution in [0, 0.1) is 5.92 Å². The molecule has 0 aromatic heterocycles. The van der Waals surface area contributed by atoms with Crippen molar-refractivity contribution in [3.05, 3.63) is 89.4 Å². The molecule has 2 heterocycles. The van der Waals surface area contributed by atoms with Crippen LogP contribution >= 0.6 is 11.6 Å². The molecule has 6 nitrogen and oxygen atoms in total. The zero-order valence-corrected chi connectivity index (χ0v) is 18.4. The zero-order chi connectivity index (χ0) is 22.4. The van der Waals surface area contributed by atoms with Crippen LogP contribution in [-0.4, -0.2) is 32.0 Å². The average Bonchev–Trinajstić information content (AvgIpc) is 3.31. The van der Waals surface area contributed by atoms with Gasteiger partial charge in [0.15, 0.2) is 6.10 Å². The van der Waals surface area contributed by atoms with Crippen LogP contribution in [0.15, 0.2) is 78.9 Å². The van der Waals surface area contributed by atoms with E-state index in [1.54, 1.807) is 29.3 Å². The molecule has 3 aromatic carbocycles. The lowest BCUT2D eigenvalue weighted by Gasteiger charge is -2.29. The summed E-state index contributed by atoms with van der Waals surface area (Å²) in [5, 5.41) is 2.04. The minimum Gasteiger partial charge on any atom is -0.378 e. The second kappa shape index (κ2) is 7.97. The summed E-state index contributed by atoms with van der Waals surface area (Å²) >= 11 is 6.31. The van der Waals surface area contributed by atoms with Crippen molar-refractivity contribution in [1.82, 2.24) is 0 Å². The number of imide groups is 1. The molecule has 2 aliphatic heterocycles. The summed E-state index contributed by atoms with van der Waals surface area (Å²) in [5.41, 5.74) is 3.11. The maximum absolute atomic E-state index is 13.6. The molecule has 0 radical (unpaired) electrons. The topological polar surface area (TPSA) is 53.1 Å². The fourth-order valence-corrected chi connectivity index (χ4v) is 4.61. The van der Waals surface area contributed by atoms with Gasteiger partial charge in [0.25, 0.3) is 5.91 Å². The summed E-state index contributed by atoms with van der Waals surface area (Å²) in [7, 11) is 3.95. The smallest absolute Gasteiger partial charge is 0.266 e. The number of hydroxylamine groups is 1. The first-order valence-corrected chi connectivity index (χ1v) is 10.8. The van der Waals surface area contributed by atoms with Crippen molar-refractivity contribution in [1.29, 1.82) is 0 Å². The van der Waals surface area contributed by atoms with Gasteiger partial charge in [-0.15, -0.1) is 0 Å². The Balaban J connectivity index is 1.58. The van der Waals surface area contributed by atoms with Gasteiger partial charge in [-0.25, -0.2) is 9.96 Å². The molecule has 0 N–H and O–H groups in total. The lowest BCUT2D eigenvalue weighted by Crippen LogP contribution is -2.37. The van der Waals surface area contributed by atoms with Gasteiger partial charge in [-0.3, -0.25) is 14.4 Å². The van der Waals surface area contributed by atoms with Gasteiger partial charge in [-0.2, -0.15) is 0 Å². The zero-order valence-electron chi connectivity index (χ0n) is 17.7. The van der Waals surface area contributed by atoms with E-state index >= 15 is 0 Å². The van der Waals surface area contributed by atoms with Crippen LogP contribution in [0.5, 0.6) is 0 Å². The molecule has 0 aliphatic carbocycles. The number of amides is 2. The Morgan fingerprint density at radius 2 is 1.50 bits per heavy atom. The largest absolute Gasteiger partial charge is 0.378 e. The number of benzene rings is 3. The van der Waals surface area contributed by atoms with Gasteiger partial charge >= 0.3 is 0 Å². The third-order valence-corrected chi connectivity index (χ3v) is 6.29. The molecule has 7 heteroatoms. The number of rotatable bonds is 4. The van der Waals surface area contributed by atoms with Crippen molar-refractivity contribution >= 4 is 40.5 Å². The molecule has 32 heavy (non-hydrogen) atoms. The number of fused-ring (bicyclic) bond motifs is 1. The maximum atomic E-state index is 13.6. The van der Waals surface area contributed by atoms with E-state index in [-0.39, 0.29) is 5.91 Å². The van der Waals surface area contributed by atoms with Crippen LogP contribution in [-0.2, 0) is 14.4 Å². The van der Waals surface area contributed by atoms with Gasteiger partial charge in [0.05, 0.1) is 22.4 Å². The Bertz CT molecular complexity index is 1170. The van der Waals surface area contributed by atoms with E-state index in [0.717, 1.165) is 16.9 Å². The summed E-state index contributed by atoms with van der Waals surface area (Å²) in [6, 6.07) is 23.9. The number of hydrogen-bond donors (Lipinski definition) is 0. The minimum atomic E-state index is -0.919. The van der Waals surface area contributed by atoms with E-state index in [0.29, 0.717) is 10.7 Å². The number of carbonyl (C=O) groups excluding carboxylic acids is 2. The molecular weight excluding hydrogens is 426 g/mol. The molecule has 0 saturated carbocycles.